The van der Waals surface area contributed by atoms with E-state index in [9.17, 15) is 0 Å². The van der Waals surface area contributed by atoms with Gasteiger partial charge in [-0.15, -0.1) is 11.8 Å². The molecule has 0 aliphatic carbocycles. The minimum atomic E-state index is 0.215. The molecule has 2 aromatic rings. The van der Waals surface area contributed by atoms with Crippen molar-refractivity contribution in [2.75, 3.05) is 0 Å². The third-order valence-electron chi connectivity index (χ3n) is 4.27. The van der Waals surface area contributed by atoms with E-state index in [0.717, 1.165) is 12.8 Å². The van der Waals surface area contributed by atoms with Gasteiger partial charge in [0.05, 0.1) is 0 Å². The largest absolute Gasteiger partial charge is 0.326 e. The Kier molecular flexibility index (Phi) is 4.37. The van der Waals surface area contributed by atoms with Crippen molar-refractivity contribution in [3.63, 3.8) is 0 Å². The average molecular weight is 297 g/mol. The molecule has 0 bridgehead atoms. The maximum absolute atomic E-state index is 6.47. The lowest BCUT2D eigenvalue weighted by Crippen LogP contribution is -2.34. The fourth-order valence-electron chi connectivity index (χ4n) is 2.89. The lowest BCUT2D eigenvalue weighted by molar-refractivity contribution is 0.632. The maximum Gasteiger partial charge on any atom is 0.0290 e. The Hall–Kier alpha value is -1.25. The van der Waals surface area contributed by atoms with Crippen LogP contribution in [0, 0.1) is 0 Å². The minimum Gasteiger partial charge on any atom is -0.326 e. The molecule has 0 spiro atoms. The van der Waals surface area contributed by atoms with E-state index < -0.39 is 0 Å². The predicted octanol–water partition coefficient (Wildman–Crippen LogP) is 4.40. The first kappa shape index (κ1) is 14.7. The van der Waals surface area contributed by atoms with Crippen LogP contribution >= 0.6 is 11.8 Å². The Morgan fingerprint density at radius 2 is 1.81 bits per heavy atom. The molecule has 0 saturated carbocycles. The Labute approximate surface area is 132 Å². The van der Waals surface area contributed by atoms with Crippen LogP contribution in [0.5, 0.6) is 0 Å². The Morgan fingerprint density at radius 3 is 2.48 bits per heavy atom. The molecule has 1 nitrogen and oxygen atoms in total. The molecule has 2 aromatic carbocycles. The van der Waals surface area contributed by atoms with Gasteiger partial charge in [0.1, 0.15) is 0 Å². The quantitative estimate of drug-likeness (QED) is 0.905. The lowest BCUT2D eigenvalue weighted by atomic mass is 9.97. The fraction of sp³-hybridized carbons (Fsp3) is 0.368. The highest BCUT2D eigenvalue weighted by Gasteiger charge is 2.27. The Balaban J connectivity index is 1.63. The van der Waals surface area contributed by atoms with E-state index in [4.69, 9.17) is 5.73 Å². The van der Waals surface area contributed by atoms with Gasteiger partial charge in [-0.05, 0) is 41.5 Å². The van der Waals surface area contributed by atoms with Crippen molar-refractivity contribution in [3.8, 4) is 0 Å². The molecule has 0 saturated heterocycles. The molecule has 3 rings (SSSR count). The molecule has 0 fully saturated rings. The molecule has 1 aliphatic heterocycles. The molecule has 0 aromatic heterocycles. The number of nitrogens with two attached hydrogens (primary N) is 1. The molecule has 21 heavy (non-hydrogen) atoms. The van der Waals surface area contributed by atoms with Crippen LogP contribution in [0.2, 0.25) is 0 Å². The van der Waals surface area contributed by atoms with Crippen LogP contribution in [0.25, 0.3) is 0 Å². The van der Waals surface area contributed by atoms with Gasteiger partial charge in [0.2, 0.25) is 0 Å². The predicted molar refractivity (Wildman–Crippen MR) is 92.0 cm³/mol. The van der Waals surface area contributed by atoms with Crippen molar-refractivity contribution in [2.24, 2.45) is 5.73 Å². The van der Waals surface area contributed by atoms with Crippen LogP contribution in [0.1, 0.15) is 36.5 Å². The zero-order valence-electron chi connectivity index (χ0n) is 12.8. The van der Waals surface area contributed by atoms with Gasteiger partial charge in [-0.25, -0.2) is 0 Å². The molecule has 1 heterocycles. The number of benzene rings is 2. The van der Waals surface area contributed by atoms with E-state index in [2.05, 4.69) is 62.4 Å². The van der Waals surface area contributed by atoms with Gasteiger partial charge >= 0.3 is 0 Å². The summed E-state index contributed by atoms with van der Waals surface area (Å²) < 4.78 is 0. The molecule has 110 valence electrons. The second-order valence-electron chi connectivity index (χ2n) is 6.23. The molecule has 0 amide bonds. The second-order valence-corrected chi connectivity index (χ2v) is 7.51. The fourth-order valence-corrected chi connectivity index (χ4v) is 4.21. The molecule has 2 N–H and O–H groups in total. The number of thioether (sulfide) groups is 1. The summed E-state index contributed by atoms with van der Waals surface area (Å²) in [6, 6.07) is 17.8. The number of hydrogen-bond donors (Lipinski definition) is 1. The SMILES string of the molecule is CC(C)c1ccc(CC(N)C2Cc3ccccc3S2)cc1. The van der Waals surface area contributed by atoms with E-state index in [1.54, 1.807) is 0 Å². The third kappa shape index (κ3) is 3.33. The summed E-state index contributed by atoms with van der Waals surface area (Å²) >= 11 is 1.95. The van der Waals surface area contributed by atoms with Crippen LogP contribution in [0.3, 0.4) is 0 Å². The maximum atomic E-state index is 6.47. The van der Waals surface area contributed by atoms with Crippen LogP contribution in [0.4, 0.5) is 0 Å². The summed E-state index contributed by atoms with van der Waals surface area (Å²) in [6.45, 7) is 4.46. The second kappa shape index (κ2) is 6.25. The first-order valence-electron chi connectivity index (χ1n) is 7.72. The van der Waals surface area contributed by atoms with Crippen molar-refractivity contribution < 1.29 is 0 Å². The minimum absolute atomic E-state index is 0.215. The van der Waals surface area contributed by atoms with E-state index >= 15 is 0 Å². The molecule has 2 unspecified atom stereocenters. The van der Waals surface area contributed by atoms with Gasteiger partial charge in [0.25, 0.3) is 0 Å². The summed E-state index contributed by atoms with van der Waals surface area (Å²) in [6.07, 6.45) is 2.07. The van der Waals surface area contributed by atoms with Crippen molar-refractivity contribution in [1.82, 2.24) is 0 Å². The van der Waals surface area contributed by atoms with Crippen molar-refractivity contribution in [2.45, 2.75) is 48.8 Å². The van der Waals surface area contributed by atoms with Gasteiger partial charge in [-0.2, -0.15) is 0 Å². The summed E-state index contributed by atoms with van der Waals surface area (Å²) in [5.74, 6) is 0.590. The zero-order chi connectivity index (χ0) is 14.8. The number of rotatable bonds is 4. The van der Waals surface area contributed by atoms with Crippen LogP contribution in [-0.4, -0.2) is 11.3 Å². The average Bonchev–Trinajstić information content (AvgIpc) is 2.92. The number of hydrogen-bond acceptors (Lipinski definition) is 2. The first-order valence-corrected chi connectivity index (χ1v) is 8.60. The number of fused-ring (bicyclic) bond motifs is 1. The van der Waals surface area contributed by atoms with Crippen molar-refractivity contribution >= 4 is 11.8 Å². The highest BCUT2D eigenvalue weighted by molar-refractivity contribution is 8.00. The van der Waals surface area contributed by atoms with Crippen molar-refractivity contribution in [3.05, 3.63) is 65.2 Å². The summed E-state index contributed by atoms with van der Waals surface area (Å²) in [5, 5.41) is 0.507. The van der Waals surface area contributed by atoms with Crippen LogP contribution < -0.4 is 5.73 Å². The first-order chi connectivity index (χ1) is 10.1. The molecule has 2 atom stereocenters. The Morgan fingerprint density at radius 1 is 1.10 bits per heavy atom. The summed E-state index contributed by atoms with van der Waals surface area (Å²) in [7, 11) is 0. The Bertz CT molecular complexity index is 578. The third-order valence-corrected chi connectivity index (χ3v) is 5.74. The van der Waals surface area contributed by atoms with Crippen molar-refractivity contribution in [1.29, 1.82) is 0 Å². The topological polar surface area (TPSA) is 26.0 Å². The van der Waals surface area contributed by atoms with Gasteiger partial charge < -0.3 is 5.73 Å². The molecular formula is C19H23NS. The van der Waals surface area contributed by atoms with Gasteiger partial charge in [-0.1, -0.05) is 56.3 Å². The summed E-state index contributed by atoms with van der Waals surface area (Å²) in [5.41, 5.74) is 10.7. The molecule has 2 heteroatoms. The molecular weight excluding hydrogens is 274 g/mol. The van der Waals surface area contributed by atoms with E-state index in [1.807, 2.05) is 11.8 Å². The van der Waals surface area contributed by atoms with Gasteiger partial charge in [-0.3, -0.25) is 0 Å². The molecule has 0 radical (unpaired) electrons. The van der Waals surface area contributed by atoms with Crippen LogP contribution in [0.15, 0.2) is 53.4 Å². The lowest BCUT2D eigenvalue weighted by Gasteiger charge is -2.18. The van der Waals surface area contributed by atoms with Gasteiger partial charge in [0.15, 0.2) is 0 Å². The monoisotopic (exact) mass is 297 g/mol. The summed E-state index contributed by atoms with van der Waals surface area (Å²) in [4.78, 5) is 1.41. The molecule has 1 aliphatic rings. The zero-order valence-corrected chi connectivity index (χ0v) is 13.6. The van der Waals surface area contributed by atoms with E-state index in [0.29, 0.717) is 11.2 Å². The normalized spacial score (nSPS) is 18.8. The smallest absolute Gasteiger partial charge is 0.0290 e. The van der Waals surface area contributed by atoms with E-state index in [1.165, 1.54) is 21.6 Å². The standard InChI is InChI=1S/C19H23NS/c1-13(2)15-9-7-14(8-10-15)11-17(20)19-12-16-5-3-4-6-18(16)21-19/h3-10,13,17,19H,11-12,20H2,1-2H3. The van der Waals surface area contributed by atoms with Gasteiger partial charge in [0, 0.05) is 16.2 Å². The van der Waals surface area contributed by atoms with Crippen LogP contribution in [-0.2, 0) is 12.8 Å². The van der Waals surface area contributed by atoms with E-state index in [-0.39, 0.29) is 6.04 Å². The highest BCUT2D eigenvalue weighted by Crippen LogP contribution is 2.38. The highest BCUT2D eigenvalue weighted by atomic mass is 32.2.